The van der Waals surface area contributed by atoms with E-state index in [1.807, 2.05) is 67.3 Å². The van der Waals surface area contributed by atoms with Crippen LogP contribution in [0.15, 0.2) is 255 Å². The molecule has 18 aromatic rings. The van der Waals surface area contributed by atoms with Crippen LogP contribution >= 0.6 is 0 Å². The van der Waals surface area contributed by atoms with Crippen LogP contribution in [-0.2, 0) is 0 Å². The van der Waals surface area contributed by atoms with Gasteiger partial charge in [-0.3, -0.25) is 22.8 Å². The van der Waals surface area contributed by atoms with E-state index in [-0.39, 0.29) is 0 Å². The van der Waals surface area contributed by atoms with Crippen molar-refractivity contribution < 1.29 is 0 Å². The summed E-state index contributed by atoms with van der Waals surface area (Å²) in [6.45, 7) is 0. The van der Waals surface area contributed by atoms with Crippen molar-refractivity contribution in [1.82, 2.24) is 57.7 Å². The second-order valence-electron chi connectivity index (χ2n) is 20.9. The summed E-state index contributed by atoms with van der Waals surface area (Å²) in [5, 5.41) is 10.4. The van der Waals surface area contributed by atoms with Crippen molar-refractivity contribution in [3.05, 3.63) is 255 Å². The number of rotatable bonds is 7. The van der Waals surface area contributed by atoms with Gasteiger partial charge in [0.2, 0.25) is 5.95 Å². The van der Waals surface area contributed by atoms with Crippen molar-refractivity contribution in [2.75, 3.05) is 0 Å². The maximum Gasteiger partial charge on any atom is 0.238 e. The van der Waals surface area contributed by atoms with Gasteiger partial charge in [0, 0.05) is 84.2 Å². The molecular weight excluding hydrogens is 1020 g/mol. The van der Waals surface area contributed by atoms with Gasteiger partial charge in [-0.15, -0.1) is 0 Å². The molecule has 0 radical (unpaired) electrons. The first-order chi connectivity index (χ1) is 41.2. The lowest BCUT2D eigenvalue weighted by molar-refractivity contribution is 0.945. The van der Waals surface area contributed by atoms with Crippen LogP contribution in [0.4, 0.5) is 0 Å². The molecule has 0 saturated heterocycles. The molecule has 12 nitrogen and oxygen atoms in total. The number of aromatic nitrogens is 12. The van der Waals surface area contributed by atoms with Gasteiger partial charge in [0.15, 0.2) is 11.6 Å². The molecule has 0 aliphatic carbocycles. The Morgan fingerprint density at radius 2 is 0.566 bits per heavy atom. The molecule has 0 bridgehead atoms. The molecule has 8 aromatic carbocycles. The highest BCUT2D eigenvalue weighted by atomic mass is 15.2. The molecule has 0 N–H and O–H groups in total. The van der Waals surface area contributed by atoms with Crippen molar-refractivity contribution in [2.24, 2.45) is 0 Å². The molecule has 386 valence electrons. The Labute approximate surface area is 471 Å². The predicted molar refractivity (Wildman–Crippen MR) is 334 cm³/mol. The van der Waals surface area contributed by atoms with E-state index in [1.165, 1.54) is 0 Å². The molecule has 0 amide bonds. The first kappa shape index (κ1) is 45.3. The third-order valence-electron chi connectivity index (χ3n) is 16.6. The molecule has 0 unspecified atom stereocenters. The normalized spacial score (nSPS) is 12.1. The zero-order chi connectivity index (χ0) is 54.3. The minimum absolute atomic E-state index is 0.423. The van der Waals surface area contributed by atoms with Gasteiger partial charge in [0.25, 0.3) is 0 Å². The fraction of sp³-hybridized carbons (Fsp3) is 0. The summed E-state index contributed by atoms with van der Waals surface area (Å²) in [7, 11) is 0. The second-order valence-corrected chi connectivity index (χ2v) is 20.9. The molecule has 0 saturated carbocycles. The highest BCUT2D eigenvalue weighted by Gasteiger charge is 2.34. The number of hydrogen-bond acceptors (Lipinski definition) is 7. The van der Waals surface area contributed by atoms with E-state index in [0.29, 0.717) is 23.2 Å². The summed E-state index contributed by atoms with van der Waals surface area (Å²) < 4.78 is 11.5. The Morgan fingerprint density at radius 3 is 1.01 bits per heavy atom. The maximum atomic E-state index is 5.90. The third-order valence-corrected chi connectivity index (χ3v) is 16.6. The zero-order valence-corrected chi connectivity index (χ0v) is 44.1. The molecule has 0 atom stereocenters. The fourth-order valence-corrected chi connectivity index (χ4v) is 13.2. The summed E-state index contributed by atoms with van der Waals surface area (Å²) in [6, 6.07) is 80.5. The van der Waals surface area contributed by atoms with Crippen molar-refractivity contribution in [1.29, 1.82) is 0 Å². The average molecular weight is 1060 g/mol. The van der Waals surface area contributed by atoms with Crippen LogP contribution in [-0.4, -0.2) is 57.7 Å². The molecule has 83 heavy (non-hydrogen) atoms. The Kier molecular flexibility index (Phi) is 9.51. The van der Waals surface area contributed by atoms with Crippen molar-refractivity contribution in [2.45, 2.75) is 0 Å². The van der Waals surface area contributed by atoms with Gasteiger partial charge in [0.05, 0.1) is 61.4 Å². The number of fused-ring (bicyclic) bond motifs is 15. The van der Waals surface area contributed by atoms with Crippen molar-refractivity contribution in [3.8, 4) is 51.5 Å². The first-order valence-electron chi connectivity index (χ1n) is 27.6. The van der Waals surface area contributed by atoms with Gasteiger partial charge >= 0.3 is 0 Å². The van der Waals surface area contributed by atoms with E-state index < -0.39 is 0 Å². The van der Waals surface area contributed by atoms with E-state index in [4.69, 9.17) is 34.9 Å². The van der Waals surface area contributed by atoms with Gasteiger partial charge in [-0.1, -0.05) is 140 Å². The lowest BCUT2D eigenvalue weighted by Gasteiger charge is -2.27. The Hall–Kier alpha value is -11.6. The minimum atomic E-state index is 0.423. The number of nitrogens with zero attached hydrogens (tertiary/aromatic N) is 12. The molecule has 12 heteroatoms. The van der Waals surface area contributed by atoms with Crippen LogP contribution in [0.25, 0.3) is 161 Å². The fourth-order valence-electron chi connectivity index (χ4n) is 13.2. The lowest BCUT2D eigenvalue weighted by atomic mass is 10.0. The quantitative estimate of drug-likeness (QED) is 0.156. The molecule has 10 heterocycles. The van der Waals surface area contributed by atoms with Crippen molar-refractivity contribution >= 4 is 110 Å². The standard InChI is InChI=1S/C71H42N12/c1-2-20-43(21-3-1)65-76-66(78-71(77-65)81-56-34-12-4-22-44(56)45-23-5-13-35-57(45)81)62-60(79-54-32-10-6-24-46(54)50-28-16-38-72-67(50)79)42-61(80-55-33-11-7-25-47(55)51-29-17-39-73-68(51)80)63(82-58-36-14-8-26-48(58)52-30-18-40-74-69(52)82)64(62)83-59-37-15-9-27-49(59)53-31-19-41-75-70(53)83/h1-42H. The highest BCUT2D eigenvalue weighted by molar-refractivity contribution is 6.15. The van der Waals surface area contributed by atoms with Crippen LogP contribution in [0.3, 0.4) is 0 Å². The summed E-state index contributed by atoms with van der Waals surface area (Å²) in [5.74, 6) is 1.38. The zero-order valence-electron chi connectivity index (χ0n) is 44.1. The summed E-state index contributed by atoms with van der Waals surface area (Å²) in [5.41, 5.74) is 13.5. The molecule has 0 fully saturated rings. The largest absolute Gasteiger partial charge is 0.293 e. The third kappa shape index (κ3) is 6.42. The van der Waals surface area contributed by atoms with E-state index >= 15 is 0 Å². The Morgan fingerprint density at radius 1 is 0.241 bits per heavy atom. The minimum Gasteiger partial charge on any atom is -0.293 e. The average Bonchev–Trinajstić information content (AvgIpc) is 2.43. The van der Waals surface area contributed by atoms with Gasteiger partial charge in [0.1, 0.15) is 22.6 Å². The highest BCUT2D eigenvalue weighted by Crippen LogP contribution is 2.49. The van der Waals surface area contributed by atoms with Gasteiger partial charge in [-0.2, -0.15) is 9.97 Å². The predicted octanol–water partition coefficient (Wildman–Crippen LogP) is 16.3. The van der Waals surface area contributed by atoms with E-state index in [2.05, 4.69) is 211 Å². The topological polar surface area (TPSA) is 115 Å². The van der Waals surface area contributed by atoms with Crippen LogP contribution < -0.4 is 0 Å². The molecule has 18 rings (SSSR count). The molecular formula is C71H42N12. The van der Waals surface area contributed by atoms with E-state index in [0.717, 1.165) is 138 Å². The first-order valence-corrected chi connectivity index (χ1v) is 27.6. The summed E-state index contributed by atoms with van der Waals surface area (Å²) in [6.07, 6.45) is 7.53. The van der Waals surface area contributed by atoms with Crippen LogP contribution in [0.2, 0.25) is 0 Å². The SMILES string of the molecule is c1ccc(-c2nc(-c3c(-n4c5ccccc5c5cccnc54)cc(-n4c5ccccc5c5cccnc54)c(-n4c5ccccc5c5cccnc54)c3-n3c4ccccc4c4cccnc43)nc(-n3c4ccccc4c4ccccc43)n2)cc1. The van der Waals surface area contributed by atoms with Crippen LogP contribution in [0.1, 0.15) is 0 Å². The molecule has 10 aromatic heterocycles. The monoisotopic (exact) mass is 1060 g/mol. The number of pyridine rings is 4. The number of benzene rings is 8. The smallest absolute Gasteiger partial charge is 0.238 e. The van der Waals surface area contributed by atoms with E-state index in [9.17, 15) is 0 Å². The molecule has 0 aliphatic heterocycles. The van der Waals surface area contributed by atoms with Crippen LogP contribution in [0.5, 0.6) is 0 Å². The summed E-state index contributed by atoms with van der Waals surface area (Å²) in [4.78, 5) is 38.6. The van der Waals surface area contributed by atoms with Gasteiger partial charge in [-0.25, -0.2) is 24.9 Å². The lowest BCUT2D eigenvalue weighted by Crippen LogP contribution is -2.16. The van der Waals surface area contributed by atoms with Crippen molar-refractivity contribution in [3.63, 3.8) is 0 Å². The molecule has 0 spiro atoms. The van der Waals surface area contributed by atoms with E-state index in [1.54, 1.807) is 0 Å². The second kappa shape index (κ2) is 17.4. The Balaban J connectivity index is 1.16. The number of hydrogen-bond donors (Lipinski definition) is 0. The van der Waals surface area contributed by atoms with Gasteiger partial charge < -0.3 is 0 Å². The van der Waals surface area contributed by atoms with Gasteiger partial charge in [-0.05, 0) is 91.0 Å². The molecule has 0 aliphatic rings. The van der Waals surface area contributed by atoms with Crippen LogP contribution in [0, 0.1) is 0 Å². The Bertz CT molecular complexity index is 5460. The summed E-state index contributed by atoms with van der Waals surface area (Å²) >= 11 is 0. The maximum absolute atomic E-state index is 5.90. The number of para-hydroxylation sites is 6.